The van der Waals surface area contributed by atoms with Crippen molar-refractivity contribution in [3.05, 3.63) is 80.0 Å². The zero-order chi connectivity index (χ0) is 27.0. The lowest BCUT2D eigenvalue weighted by molar-refractivity contribution is 0.102. The second kappa shape index (κ2) is 10.8. The molecule has 0 unspecified atom stereocenters. The van der Waals surface area contributed by atoms with Gasteiger partial charge in [-0.25, -0.2) is 22.0 Å². The van der Waals surface area contributed by atoms with Crippen molar-refractivity contribution in [2.75, 3.05) is 48.4 Å². The van der Waals surface area contributed by atoms with E-state index >= 15 is 0 Å². The number of ether oxygens (including phenoxy) is 1. The summed E-state index contributed by atoms with van der Waals surface area (Å²) in [7, 11) is 1.36. The number of benzene rings is 3. The number of nitrogens with zero attached hydrogens (tertiary/aromatic N) is 2. The van der Waals surface area contributed by atoms with E-state index in [-0.39, 0.29) is 52.6 Å². The Morgan fingerprint density at radius 3 is 1.95 bits per heavy atom. The fourth-order valence-corrected chi connectivity index (χ4v) is 4.89. The molecule has 13 heteroatoms. The molecule has 5 nitrogen and oxygen atoms in total. The Labute approximate surface area is 223 Å². The van der Waals surface area contributed by atoms with Gasteiger partial charge in [0.15, 0.2) is 23.3 Å². The number of nitrogens with one attached hydrogen (secondary N) is 1. The predicted molar refractivity (Wildman–Crippen MR) is 133 cm³/mol. The number of carbonyl (C=O) groups excluding carboxylic acids is 1. The molecule has 37 heavy (non-hydrogen) atoms. The van der Waals surface area contributed by atoms with E-state index in [0.717, 1.165) is 4.90 Å². The number of methoxy groups -OCH3 is 1. The molecule has 1 amide bonds. The molecule has 1 aliphatic heterocycles. The quantitative estimate of drug-likeness (QED) is 0.202. The van der Waals surface area contributed by atoms with Crippen LogP contribution in [0.5, 0.6) is 5.75 Å². The molecule has 1 saturated heterocycles. The summed E-state index contributed by atoms with van der Waals surface area (Å²) in [6.45, 7) is 0.317. The second-order valence-electron chi connectivity index (χ2n) is 7.98. The topological polar surface area (TPSA) is 44.8 Å². The van der Waals surface area contributed by atoms with Crippen LogP contribution >= 0.6 is 34.8 Å². The van der Waals surface area contributed by atoms with Gasteiger partial charge < -0.3 is 19.9 Å². The van der Waals surface area contributed by atoms with Crippen LogP contribution in [0, 0.1) is 29.1 Å². The summed E-state index contributed by atoms with van der Waals surface area (Å²) < 4.78 is 74.1. The van der Waals surface area contributed by atoms with Gasteiger partial charge in [-0.15, -0.1) is 0 Å². The van der Waals surface area contributed by atoms with Crippen molar-refractivity contribution in [3.8, 4) is 5.75 Å². The molecule has 1 fully saturated rings. The van der Waals surface area contributed by atoms with Gasteiger partial charge in [0.05, 0.1) is 28.4 Å². The summed E-state index contributed by atoms with van der Waals surface area (Å²) in [5.41, 5.74) is 0.0678. The van der Waals surface area contributed by atoms with E-state index in [0.29, 0.717) is 11.4 Å². The zero-order valence-electron chi connectivity index (χ0n) is 18.9. The number of amides is 1. The molecular formula is C24H17Cl3F5N3O2. The number of hydrogen-bond donors (Lipinski definition) is 1. The van der Waals surface area contributed by atoms with Crippen molar-refractivity contribution >= 4 is 57.8 Å². The molecular weight excluding hydrogens is 564 g/mol. The number of anilines is 3. The summed E-state index contributed by atoms with van der Waals surface area (Å²) >= 11 is 18.5. The largest absolute Gasteiger partial charge is 0.494 e. The highest BCUT2D eigenvalue weighted by atomic mass is 35.5. The van der Waals surface area contributed by atoms with Gasteiger partial charge in [-0.05, 0) is 30.3 Å². The molecule has 0 bridgehead atoms. The average Bonchev–Trinajstić information content (AvgIpc) is 2.86. The highest BCUT2D eigenvalue weighted by Gasteiger charge is 2.31. The molecule has 3 aromatic rings. The van der Waals surface area contributed by atoms with E-state index in [4.69, 9.17) is 39.5 Å². The Morgan fingerprint density at radius 2 is 1.38 bits per heavy atom. The minimum absolute atomic E-state index is 0.0253. The molecule has 0 atom stereocenters. The van der Waals surface area contributed by atoms with Gasteiger partial charge in [0.1, 0.15) is 11.4 Å². The first-order valence-electron chi connectivity index (χ1n) is 10.7. The lowest BCUT2D eigenvalue weighted by Crippen LogP contribution is -2.47. The maximum atomic E-state index is 14.2. The van der Waals surface area contributed by atoms with E-state index in [1.165, 1.54) is 25.3 Å². The minimum Gasteiger partial charge on any atom is -0.494 e. The van der Waals surface area contributed by atoms with E-state index in [1.54, 1.807) is 17.0 Å². The van der Waals surface area contributed by atoms with Crippen LogP contribution in [0.4, 0.5) is 39.0 Å². The zero-order valence-corrected chi connectivity index (χ0v) is 21.2. The molecule has 1 aliphatic rings. The summed E-state index contributed by atoms with van der Waals surface area (Å²) in [6, 6.07) is 7.57. The Bertz CT molecular complexity index is 1360. The van der Waals surface area contributed by atoms with Gasteiger partial charge in [0, 0.05) is 36.9 Å². The van der Waals surface area contributed by atoms with Gasteiger partial charge in [-0.1, -0.05) is 34.8 Å². The lowest BCUT2D eigenvalue weighted by Gasteiger charge is -2.38. The number of piperazine rings is 1. The normalized spacial score (nSPS) is 13.6. The third-order valence-corrected chi connectivity index (χ3v) is 6.59. The van der Waals surface area contributed by atoms with Crippen molar-refractivity contribution < 1.29 is 31.5 Å². The van der Waals surface area contributed by atoms with Gasteiger partial charge in [0.25, 0.3) is 5.91 Å². The molecule has 3 aromatic carbocycles. The SMILES string of the molecule is COc1c(Cl)cc(Cl)cc1C(=O)Nc1ccc(N2CCN(c3c(F)c(F)c(F)c(F)c3F)CC2)c(Cl)c1. The Morgan fingerprint density at radius 1 is 0.811 bits per heavy atom. The predicted octanol–water partition coefficient (Wildman–Crippen LogP) is 6.93. The van der Waals surface area contributed by atoms with E-state index in [9.17, 15) is 26.7 Å². The van der Waals surface area contributed by atoms with E-state index in [1.807, 2.05) is 0 Å². The van der Waals surface area contributed by atoms with Crippen molar-refractivity contribution in [3.63, 3.8) is 0 Å². The van der Waals surface area contributed by atoms with E-state index in [2.05, 4.69) is 5.32 Å². The maximum absolute atomic E-state index is 14.2. The van der Waals surface area contributed by atoms with Crippen molar-refractivity contribution in [2.45, 2.75) is 0 Å². The third kappa shape index (κ3) is 5.23. The molecule has 0 saturated carbocycles. The van der Waals surface area contributed by atoms with Gasteiger partial charge >= 0.3 is 0 Å². The van der Waals surface area contributed by atoms with Gasteiger partial charge in [-0.3, -0.25) is 4.79 Å². The Kier molecular flexibility index (Phi) is 7.91. The number of carbonyl (C=O) groups is 1. The molecule has 0 aromatic heterocycles. The standard InChI is InChI=1S/C24H17Cl3F5N3O2/c1-37-23-13(8-11(25)9-15(23)27)24(36)33-12-2-3-16(14(26)10-12)34-4-6-35(7-5-34)22-20(31)18(29)17(28)19(30)21(22)32/h2-3,8-10H,4-7H2,1H3,(H,33,36). The van der Waals surface area contributed by atoms with Gasteiger partial charge in [0.2, 0.25) is 5.82 Å². The fourth-order valence-electron chi connectivity index (χ4n) is 4.02. The minimum atomic E-state index is -2.20. The molecule has 1 heterocycles. The maximum Gasteiger partial charge on any atom is 0.259 e. The van der Waals surface area contributed by atoms with Crippen LogP contribution in [0.15, 0.2) is 30.3 Å². The number of hydrogen-bond acceptors (Lipinski definition) is 4. The number of halogens is 8. The van der Waals surface area contributed by atoms with E-state index < -0.39 is 40.7 Å². The molecule has 1 N–H and O–H groups in total. The van der Waals surface area contributed by atoms with Crippen LogP contribution in [0.2, 0.25) is 15.1 Å². The smallest absolute Gasteiger partial charge is 0.259 e. The summed E-state index contributed by atoms with van der Waals surface area (Å²) in [5.74, 6) is -10.3. The average molecular weight is 581 g/mol. The Balaban J connectivity index is 1.48. The van der Waals surface area contributed by atoms with Crippen molar-refractivity contribution in [1.29, 1.82) is 0 Å². The highest BCUT2D eigenvalue weighted by molar-refractivity contribution is 6.36. The van der Waals surface area contributed by atoms with Crippen molar-refractivity contribution in [1.82, 2.24) is 0 Å². The second-order valence-corrected chi connectivity index (χ2v) is 9.23. The third-order valence-electron chi connectivity index (χ3n) is 5.79. The van der Waals surface area contributed by atoms with Crippen LogP contribution in [0.3, 0.4) is 0 Å². The lowest BCUT2D eigenvalue weighted by atomic mass is 10.1. The summed E-state index contributed by atoms with van der Waals surface area (Å²) in [4.78, 5) is 15.7. The summed E-state index contributed by atoms with van der Waals surface area (Å²) in [6.07, 6.45) is 0. The molecule has 4 rings (SSSR count). The van der Waals surface area contributed by atoms with Crippen LogP contribution < -0.4 is 19.9 Å². The van der Waals surface area contributed by atoms with Gasteiger partial charge in [-0.2, -0.15) is 0 Å². The van der Waals surface area contributed by atoms with Crippen LogP contribution in [0.25, 0.3) is 0 Å². The molecule has 0 radical (unpaired) electrons. The summed E-state index contributed by atoms with van der Waals surface area (Å²) in [5, 5.41) is 3.35. The Hall–Kier alpha value is -2.95. The number of rotatable bonds is 5. The van der Waals surface area contributed by atoms with Crippen LogP contribution in [-0.4, -0.2) is 39.2 Å². The van der Waals surface area contributed by atoms with Crippen LogP contribution in [-0.2, 0) is 0 Å². The highest BCUT2D eigenvalue weighted by Crippen LogP contribution is 2.35. The molecule has 0 spiro atoms. The first-order chi connectivity index (χ1) is 17.5. The van der Waals surface area contributed by atoms with Crippen LogP contribution in [0.1, 0.15) is 10.4 Å². The molecule has 0 aliphatic carbocycles. The van der Waals surface area contributed by atoms with Crippen molar-refractivity contribution in [2.24, 2.45) is 0 Å². The first kappa shape index (κ1) is 27.1. The fraction of sp³-hybridized carbons (Fsp3) is 0.208. The first-order valence-corrected chi connectivity index (χ1v) is 11.8. The monoisotopic (exact) mass is 579 g/mol. The molecule has 196 valence electrons.